The highest BCUT2D eigenvalue weighted by molar-refractivity contribution is 5.50. The van der Waals surface area contributed by atoms with Crippen LogP contribution in [0.15, 0.2) is 30.3 Å². The van der Waals surface area contributed by atoms with Crippen LogP contribution in [-0.2, 0) is 0 Å². The molecule has 0 aliphatic rings. The van der Waals surface area contributed by atoms with Crippen molar-refractivity contribution < 1.29 is 4.74 Å². The average molecular weight is 248 g/mol. The molecule has 0 aliphatic carbocycles. The summed E-state index contributed by atoms with van der Waals surface area (Å²) in [6, 6.07) is 8.19. The Hall–Kier alpha value is -1.32. The number of nitrogens with zero attached hydrogens (tertiary/aromatic N) is 1. The highest BCUT2D eigenvalue weighted by atomic mass is 16.5. The number of ether oxygens (including phenoxy) is 1. The molecule has 100 valence electrons. The lowest BCUT2D eigenvalue weighted by molar-refractivity contribution is 0.261. The monoisotopic (exact) mass is 248 g/mol. The first-order chi connectivity index (χ1) is 8.72. The minimum absolute atomic E-state index is 0.725. The van der Waals surface area contributed by atoms with Gasteiger partial charge in [-0.05, 0) is 38.3 Å². The molecule has 1 rings (SSSR count). The van der Waals surface area contributed by atoms with Gasteiger partial charge in [-0.25, -0.2) is 0 Å². The van der Waals surface area contributed by atoms with E-state index in [1.54, 1.807) is 0 Å². The van der Waals surface area contributed by atoms with Crippen LogP contribution < -0.4 is 10.1 Å². The maximum Gasteiger partial charge on any atom is 0.119 e. The van der Waals surface area contributed by atoms with Crippen molar-refractivity contribution >= 4 is 6.08 Å². The van der Waals surface area contributed by atoms with Crippen molar-refractivity contribution in [3.8, 4) is 5.75 Å². The third kappa shape index (κ3) is 6.42. The van der Waals surface area contributed by atoms with Crippen molar-refractivity contribution in [3.05, 3.63) is 35.9 Å². The highest BCUT2D eigenvalue weighted by Gasteiger charge is 1.94. The Bertz CT molecular complexity index is 344. The summed E-state index contributed by atoms with van der Waals surface area (Å²) < 4.78 is 5.64. The maximum absolute atomic E-state index is 5.64. The third-order valence-electron chi connectivity index (χ3n) is 2.51. The van der Waals surface area contributed by atoms with Gasteiger partial charge in [0.25, 0.3) is 0 Å². The normalized spacial score (nSPS) is 11.3. The van der Waals surface area contributed by atoms with Crippen LogP contribution in [0.25, 0.3) is 6.08 Å². The van der Waals surface area contributed by atoms with Crippen LogP contribution in [0.3, 0.4) is 0 Å². The fraction of sp³-hybridized carbons (Fsp3) is 0.467. The zero-order valence-corrected chi connectivity index (χ0v) is 11.6. The molecule has 18 heavy (non-hydrogen) atoms. The van der Waals surface area contributed by atoms with E-state index in [1.165, 1.54) is 5.56 Å². The zero-order valence-electron chi connectivity index (χ0n) is 11.6. The molecule has 0 spiro atoms. The number of nitrogens with one attached hydrogen (secondary N) is 1. The number of hydrogen-bond acceptors (Lipinski definition) is 3. The van der Waals surface area contributed by atoms with E-state index in [0.717, 1.165) is 32.0 Å². The van der Waals surface area contributed by atoms with Crippen molar-refractivity contribution in [2.45, 2.75) is 6.92 Å². The molecule has 0 bridgehead atoms. The predicted molar refractivity (Wildman–Crippen MR) is 78.1 cm³/mol. The average Bonchev–Trinajstić information content (AvgIpc) is 2.36. The molecular formula is C15H24N2O. The summed E-state index contributed by atoms with van der Waals surface area (Å²) in [6.45, 7) is 5.68. The number of benzene rings is 1. The first-order valence-corrected chi connectivity index (χ1v) is 6.47. The molecule has 0 saturated heterocycles. The first-order valence-electron chi connectivity index (χ1n) is 6.47. The summed E-state index contributed by atoms with van der Waals surface area (Å²) >= 11 is 0. The van der Waals surface area contributed by atoms with Gasteiger partial charge in [-0.15, -0.1) is 0 Å². The van der Waals surface area contributed by atoms with Crippen LogP contribution >= 0.6 is 0 Å². The van der Waals surface area contributed by atoms with Gasteiger partial charge in [0.15, 0.2) is 0 Å². The van der Waals surface area contributed by atoms with Crippen LogP contribution in [0.1, 0.15) is 12.5 Å². The molecule has 3 nitrogen and oxygen atoms in total. The van der Waals surface area contributed by atoms with Gasteiger partial charge in [0.2, 0.25) is 0 Å². The van der Waals surface area contributed by atoms with E-state index < -0.39 is 0 Å². The van der Waals surface area contributed by atoms with Crippen LogP contribution in [-0.4, -0.2) is 45.2 Å². The van der Waals surface area contributed by atoms with Crippen LogP contribution in [0.5, 0.6) is 5.75 Å². The minimum Gasteiger partial charge on any atom is -0.492 e. The lowest BCUT2D eigenvalue weighted by atomic mass is 10.2. The van der Waals surface area contributed by atoms with Gasteiger partial charge >= 0.3 is 0 Å². The topological polar surface area (TPSA) is 24.5 Å². The fourth-order valence-corrected chi connectivity index (χ4v) is 1.44. The number of hydrogen-bond donors (Lipinski definition) is 1. The van der Waals surface area contributed by atoms with Crippen LogP contribution in [0, 0.1) is 0 Å². The Morgan fingerprint density at radius 1 is 1.22 bits per heavy atom. The van der Waals surface area contributed by atoms with Crippen LogP contribution in [0.2, 0.25) is 0 Å². The second-order valence-corrected chi connectivity index (χ2v) is 4.43. The standard InChI is InChI=1S/C15H24N2O/c1-4-16-11-5-6-14-7-9-15(10-8-14)18-13-12-17(2)3/h5-10,16H,4,11-13H2,1-3H3. The Labute approximate surface area is 110 Å². The maximum atomic E-state index is 5.64. The predicted octanol–water partition coefficient (Wildman–Crippen LogP) is 2.25. The summed E-state index contributed by atoms with van der Waals surface area (Å²) in [5, 5.41) is 3.25. The van der Waals surface area contributed by atoms with Crippen molar-refractivity contribution in [2.75, 3.05) is 40.3 Å². The van der Waals surface area contributed by atoms with E-state index in [4.69, 9.17) is 4.74 Å². The third-order valence-corrected chi connectivity index (χ3v) is 2.51. The van der Waals surface area contributed by atoms with Gasteiger partial charge in [0, 0.05) is 13.1 Å². The van der Waals surface area contributed by atoms with E-state index in [1.807, 2.05) is 26.2 Å². The Morgan fingerprint density at radius 2 is 1.94 bits per heavy atom. The zero-order chi connectivity index (χ0) is 13.2. The van der Waals surface area contributed by atoms with E-state index in [-0.39, 0.29) is 0 Å². The van der Waals surface area contributed by atoms with Gasteiger partial charge in [-0.1, -0.05) is 31.2 Å². The Balaban J connectivity index is 2.35. The highest BCUT2D eigenvalue weighted by Crippen LogP contribution is 2.12. The van der Waals surface area contributed by atoms with Gasteiger partial charge in [-0.2, -0.15) is 0 Å². The van der Waals surface area contributed by atoms with Gasteiger partial charge in [0.1, 0.15) is 12.4 Å². The molecule has 0 radical (unpaired) electrons. The largest absolute Gasteiger partial charge is 0.492 e. The molecule has 0 aliphatic heterocycles. The molecule has 0 atom stereocenters. The van der Waals surface area contributed by atoms with Crippen molar-refractivity contribution in [1.82, 2.24) is 10.2 Å². The Morgan fingerprint density at radius 3 is 2.56 bits per heavy atom. The summed E-state index contributed by atoms with van der Waals surface area (Å²) in [6.07, 6.45) is 4.25. The first kappa shape index (κ1) is 14.7. The minimum atomic E-state index is 0.725. The SMILES string of the molecule is CCNCC=Cc1ccc(OCCN(C)C)cc1. The molecule has 0 fully saturated rings. The molecule has 0 amide bonds. The molecular weight excluding hydrogens is 224 g/mol. The van der Waals surface area contributed by atoms with Crippen molar-refractivity contribution in [2.24, 2.45) is 0 Å². The lowest BCUT2D eigenvalue weighted by Crippen LogP contribution is -2.19. The molecule has 1 N–H and O–H groups in total. The second-order valence-electron chi connectivity index (χ2n) is 4.43. The van der Waals surface area contributed by atoms with Crippen LogP contribution in [0.4, 0.5) is 0 Å². The summed E-state index contributed by atoms with van der Waals surface area (Å²) in [4.78, 5) is 2.11. The molecule has 0 heterocycles. The summed E-state index contributed by atoms with van der Waals surface area (Å²) in [5.74, 6) is 0.931. The van der Waals surface area contributed by atoms with E-state index in [0.29, 0.717) is 0 Å². The summed E-state index contributed by atoms with van der Waals surface area (Å²) in [5.41, 5.74) is 1.20. The molecule has 1 aromatic carbocycles. The molecule has 0 aromatic heterocycles. The fourth-order valence-electron chi connectivity index (χ4n) is 1.44. The van der Waals surface area contributed by atoms with E-state index in [2.05, 4.69) is 41.4 Å². The molecule has 1 aromatic rings. The van der Waals surface area contributed by atoms with E-state index >= 15 is 0 Å². The number of rotatable bonds is 8. The molecule has 3 heteroatoms. The summed E-state index contributed by atoms with van der Waals surface area (Å²) in [7, 11) is 4.09. The van der Waals surface area contributed by atoms with Gasteiger partial charge < -0.3 is 15.0 Å². The number of likely N-dealkylation sites (N-methyl/N-ethyl adjacent to an activating group) is 2. The van der Waals surface area contributed by atoms with E-state index in [9.17, 15) is 0 Å². The van der Waals surface area contributed by atoms with Crippen molar-refractivity contribution in [3.63, 3.8) is 0 Å². The lowest BCUT2D eigenvalue weighted by Gasteiger charge is -2.10. The quantitative estimate of drug-likeness (QED) is 0.714. The Kier molecular flexibility index (Phi) is 7.14. The van der Waals surface area contributed by atoms with Gasteiger partial charge in [-0.3, -0.25) is 0 Å². The smallest absolute Gasteiger partial charge is 0.119 e. The second kappa shape index (κ2) is 8.72. The van der Waals surface area contributed by atoms with Gasteiger partial charge in [0.05, 0.1) is 0 Å². The molecule has 0 unspecified atom stereocenters. The van der Waals surface area contributed by atoms with Crippen molar-refractivity contribution in [1.29, 1.82) is 0 Å². The molecule has 0 saturated carbocycles.